The van der Waals surface area contributed by atoms with Crippen molar-refractivity contribution in [3.63, 3.8) is 0 Å². The molecule has 0 aromatic carbocycles. The summed E-state index contributed by atoms with van der Waals surface area (Å²) in [6.45, 7) is -0.220. The standard InChI is InChI=1S/C6H12N2O6/c7-13-5(10)1-2-6(11)14-8-12-4-3-9/h8-9H,1-4,7H2. The largest absolute Gasteiger partial charge is 0.394 e. The molecule has 8 nitrogen and oxygen atoms in total. The zero-order chi connectivity index (χ0) is 10.8. The maximum atomic E-state index is 10.8. The highest BCUT2D eigenvalue weighted by Crippen LogP contribution is 1.92. The Kier molecular flexibility index (Phi) is 7.65. The molecule has 0 aliphatic heterocycles. The third-order valence-corrected chi connectivity index (χ3v) is 1.07. The Morgan fingerprint density at radius 2 is 1.93 bits per heavy atom. The lowest BCUT2D eigenvalue weighted by Gasteiger charge is -2.03. The molecule has 0 spiro atoms. The van der Waals surface area contributed by atoms with Crippen LogP contribution in [0.5, 0.6) is 0 Å². The fourth-order valence-electron chi connectivity index (χ4n) is 0.477. The molecule has 0 radical (unpaired) electrons. The number of aliphatic hydroxyl groups is 1. The van der Waals surface area contributed by atoms with Crippen LogP contribution >= 0.6 is 0 Å². The maximum absolute atomic E-state index is 10.8. The average Bonchev–Trinajstić information content (AvgIpc) is 2.21. The molecule has 0 saturated heterocycles. The number of hydrogen-bond donors (Lipinski definition) is 3. The fraction of sp³-hybridized carbons (Fsp3) is 0.667. The summed E-state index contributed by atoms with van der Waals surface area (Å²) in [7, 11) is 0. The summed E-state index contributed by atoms with van der Waals surface area (Å²) in [4.78, 5) is 33.7. The molecular formula is C6H12N2O6. The monoisotopic (exact) mass is 208 g/mol. The van der Waals surface area contributed by atoms with Gasteiger partial charge in [-0.25, -0.2) is 0 Å². The number of carbonyl (C=O) groups excluding carboxylic acids is 2. The lowest BCUT2D eigenvalue weighted by atomic mass is 10.3. The fourth-order valence-corrected chi connectivity index (χ4v) is 0.477. The van der Waals surface area contributed by atoms with Gasteiger partial charge in [-0.1, -0.05) is 0 Å². The molecular weight excluding hydrogens is 196 g/mol. The van der Waals surface area contributed by atoms with Crippen LogP contribution in [0.3, 0.4) is 0 Å². The van der Waals surface area contributed by atoms with Gasteiger partial charge in [0.1, 0.15) is 0 Å². The Labute approximate surface area is 79.8 Å². The van der Waals surface area contributed by atoms with E-state index in [1.165, 1.54) is 0 Å². The van der Waals surface area contributed by atoms with Crippen LogP contribution in [0.25, 0.3) is 0 Å². The highest BCUT2D eigenvalue weighted by molar-refractivity contribution is 5.77. The van der Waals surface area contributed by atoms with Gasteiger partial charge in [-0.15, -0.1) is 0 Å². The molecule has 0 aliphatic rings. The molecule has 0 rings (SSSR count). The molecule has 0 aromatic heterocycles. The molecule has 0 saturated carbocycles. The normalized spacial score (nSPS) is 9.57. The van der Waals surface area contributed by atoms with Crippen molar-refractivity contribution < 1.29 is 29.2 Å². The van der Waals surface area contributed by atoms with E-state index >= 15 is 0 Å². The summed E-state index contributed by atoms with van der Waals surface area (Å²) in [5.41, 5.74) is 1.83. The number of nitrogens with one attached hydrogen (secondary N) is 1. The van der Waals surface area contributed by atoms with Gasteiger partial charge in [-0.2, -0.15) is 5.90 Å². The van der Waals surface area contributed by atoms with Crippen LogP contribution in [0.4, 0.5) is 0 Å². The predicted molar refractivity (Wildman–Crippen MR) is 41.8 cm³/mol. The van der Waals surface area contributed by atoms with Crippen molar-refractivity contribution in [3.8, 4) is 0 Å². The Morgan fingerprint density at radius 3 is 2.50 bits per heavy atom. The minimum atomic E-state index is -0.710. The van der Waals surface area contributed by atoms with E-state index in [2.05, 4.69) is 20.4 Å². The third-order valence-electron chi connectivity index (χ3n) is 1.07. The van der Waals surface area contributed by atoms with Crippen molar-refractivity contribution in [2.24, 2.45) is 5.90 Å². The molecule has 0 aliphatic carbocycles. The van der Waals surface area contributed by atoms with E-state index in [9.17, 15) is 9.59 Å². The van der Waals surface area contributed by atoms with Gasteiger partial charge in [0.05, 0.1) is 26.1 Å². The van der Waals surface area contributed by atoms with Gasteiger partial charge in [-0.05, 0) is 5.64 Å². The van der Waals surface area contributed by atoms with Crippen molar-refractivity contribution >= 4 is 11.9 Å². The molecule has 0 aromatic rings. The minimum absolute atomic E-state index is 0.0158. The Morgan fingerprint density at radius 1 is 1.29 bits per heavy atom. The van der Waals surface area contributed by atoms with Gasteiger partial charge >= 0.3 is 11.9 Å². The number of carbonyl (C=O) groups is 2. The number of nitrogens with two attached hydrogens (primary N) is 1. The first kappa shape index (κ1) is 12.8. The van der Waals surface area contributed by atoms with E-state index in [-0.39, 0.29) is 26.1 Å². The first-order valence-corrected chi connectivity index (χ1v) is 3.77. The van der Waals surface area contributed by atoms with Gasteiger partial charge < -0.3 is 14.8 Å². The van der Waals surface area contributed by atoms with Crippen molar-refractivity contribution in [1.29, 1.82) is 0 Å². The van der Waals surface area contributed by atoms with E-state index in [1.807, 2.05) is 5.64 Å². The predicted octanol–water partition coefficient (Wildman–Crippen LogP) is -1.84. The molecule has 0 heterocycles. The molecule has 0 amide bonds. The van der Waals surface area contributed by atoms with Crippen molar-refractivity contribution in [3.05, 3.63) is 0 Å². The zero-order valence-corrected chi connectivity index (χ0v) is 7.39. The quantitative estimate of drug-likeness (QED) is 0.329. The van der Waals surface area contributed by atoms with Gasteiger partial charge in [0, 0.05) is 0 Å². The number of rotatable bonds is 7. The molecule has 82 valence electrons. The van der Waals surface area contributed by atoms with Crippen LogP contribution < -0.4 is 11.5 Å². The van der Waals surface area contributed by atoms with E-state index < -0.39 is 11.9 Å². The van der Waals surface area contributed by atoms with Crippen molar-refractivity contribution in [2.75, 3.05) is 13.2 Å². The molecule has 8 heteroatoms. The smallest absolute Gasteiger partial charge is 0.328 e. The lowest BCUT2D eigenvalue weighted by Crippen LogP contribution is -2.22. The summed E-state index contributed by atoms with van der Waals surface area (Å²) in [5.74, 6) is 3.12. The number of hydrogen-bond acceptors (Lipinski definition) is 8. The second-order valence-corrected chi connectivity index (χ2v) is 2.12. The van der Waals surface area contributed by atoms with Gasteiger partial charge in [0.2, 0.25) is 0 Å². The van der Waals surface area contributed by atoms with Crippen LogP contribution in [0.15, 0.2) is 0 Å². The second kappa shape index (κ2) is 8.38. The van der Waals surface area contributed by atoms with Crippen molar-refractivity contribution in [1.82, 2.24) is 5.64 Å². The highest BCUT2D eigenvalue weighted by atomic mass is 16.9. The van der Waals surface area contributed by atoms with E-state index in [0.29, 0.717) is 0 Å². The van der Waals surface area contributed by atoms with E-state index in [0.717, 1.165) is 0 Å². The third kappa shape index (κ3) is 7.43. The Hall–Kier alpha value is -1.22. The molecule has 4 N–H and O–H groups in total. The van der Waals surface area contributed by atoms with Crippen LogP contribution in [-0.4, -0.2) is 30.3 Å². The molecule has 0 fully saturated rings. The van der Waals surface area contributed by atoms with Crippen molar-refractivity contribution in [2.45, 2.75) is 12.8 Å². The molecule has 14 heavy (non-hydrogen) atoms. The summed E-state index contributed by atoms with van der Waals surface area (Å²) in [6, 6.07) is 0. The van der Waals surface area contributed by atoms with Gasteiger partial charge in [-0.3, -0.25) is 14.4 Å². The summed E-state index contributed by atoms with van der Waals surface area (Å²) >= 11 is 0. The van der Waals surface area contributed by atoms with Crippen LogP contribution in [0, 0.1) is 0 Å². The van der Waals surface area contributed by atoms with Crippen LogP contribution in [0.2, 0.25) is 0 Å². The number of aliphatic hydroxyl groups excluding tert-OH is 1. The Balaban J connectivity index is 3.32. The average molecular weight is 208 g/mol. The summed E-state index contributed by atoms with van der Waals surface area (Å²) in [6.07, 6.45) is -0.345. The molecule has 0 bridgehead atoms. The maximum Gasteiger partial charge on any atom is 0.328 e. The zero-order valence-electron chi connectivity index (χ0n) is 7.39. The van der Waals surface area contributed by atoms with Gasteiger partial charge in [0.25, 0.3) is 0 Å². The minimum Gasteiger partial charge on any atom is -0.394 e. The topological polar surface area (TPSA) is 120 Å². The van der Waals surface area contributed by atoms with E-state index in [1.54, 1.807) is 0 Å². The Bertz CT molecular complexity index is 185. The van der Waals surface area contributed by atoms with Gasteiger partial charge in [0.15, 0.2) is 0 Å². The molecule has 0 atom stereocenters. The SMILES string of the molecule is NOC(=O)CCC(=O)ONOCCO. The highest BCUT2D eigenvalue weighted by Gasteiger charge is 2.08. The van der Waals surface area contributed by atoms with Crippen LogP contribution in [-0.2, 0) is 24.1 Å². The first-order valence-electron chi connectivity index (χ1n) is 3.77. The van der Waals surface area contributed by atoms with E-state index in [4.69, 9.17) is 5.11 Å². The lowest BCUT2D eigenvalue weighted by molar-refractivity contribution is -0.194. The summed E-state index contributed by atoms with van der Waals surface area (Å²) < 4.78 is 0. The second-order valence-electron chi connectivity index (χ2n) is 2.12. The first-order chi connectivity index (χ1) is 6.70. The van der Waals surface area contributed by atoms with Crippen LogP contribution in [0.1, 0.15) is 12.8 Å². The summed E-state index contributed by atoms with van der Waals surface area (Å²) in [5, 5.41) is 8.26. The molecule has 0 unspecified atom stereocenters.